The summed E-state index contributed by atoms with van der Waals surface area (Å²) in [6, 6.07) is 21.0. The molecular weight excluding hydrogens is 406 g/mol. The van der Waals surface area contributed by atoms with Crippen LogP contribution in [0.15, 0.2) is 60.7 Å². The quantitative estimate of drug-likeness (QED) is 0.275. The monoisotopic (exact) mass is 426 g/mol. The molecule has 0 radical (unpaired) electrons. The summed E-state index contributed by atoms with van der Waals surface area (Å²) in [7, 11) is 11.2. The van der Waals surface area contributed by atoms with Crippen LogP contribution in [0, 0.1) is 13.8 Å². The Bertz CT molecular complexity index is 694. The third kappa shape index (κ3) is 7.42. The van der Waals surface area contributed by atoms with Crippen LogP contribution < -0.4 is 0 Å². The van der Waals surface area contributed by atoms with Crippen LogP contribution in [0.3, 0.4) is 0 Å². The van der Waals surface area contributed by atoms with Gasteiger partial charge in [-0.3, -0.25) is 0 Å². The van der Waals surface area contributed by atoms with Gasteiger partial charge < -0.3 is 0 Å². The van der Waals surface area contributed by atoms with E-state index in [0.717, 1.165) is 0 Å². The van der Waals surface area contributed by atoms with E-state index >= 15 is 0 Å². The molecule has 0 spiro atoms. The van der Waals surface area contributed by atoms with Crippen LogP contribution in [0.4, 0.5) is 0 Å². The van der Waals surface area contributed by atoms with Gasteiger partial charge in [0.15, 0.2) is 0 Å². The van der Waals surface area contributed by atoms with E-state index in [4.69, 9.17) is 17.0 Å². The fraction of sp³-hybridized carbons (Fsp3) is 0.222. The van der Waals surface area contributed by atoms with Crippen molar-refractivity contribution in [3.8, 4) is 0 Å². The van der Waals surface area contributed by atoms with Gasteiger partial charge in [-0.1, -0.05) is 19.9 Å². The first-order chi connectivity index (χ1) is 10.4. The molecule has 0 N–H and O–H groups in total. The van der Waals surface area contributed by atoms with Gasteiger partial charge >= 0.3 is 53.5 Å². The second kappa shape index (κ2) is 10.6. The van der Waals surface area contributed by atoms with E-state index < -0.39 is 18.0 Å². The topological polar surface area (TPSA) is 0 Å². The summed E-state index contributed by atoms with van der Waals surface area (Å²) in [6.45, 7) is 8.56. The molecule has 0 aliphatic heterocycles. The number of fused-ring (bicyclic) bond motifs is 1. The van der Waals surface area contributed by atoms with E-state index in [-0.39, 0.29) is 5.43 Å². The van der Waals surface area contributed by atoms with Gasteiger partial charge in [0.1, 0.15) is 0 Å². The molecule has 0 aliphatic rings. The van der Waals surface area contributed by atoms with Crippen LogP contribution in [0.25, 0.3) is 10.8 Å². The molecule has 4 heteroatoms. The van der Waals surface area contributed by atoms with Crippen LogP contribution in [-0.4, -0.2) is 5.43 Å². The van der Waals surface area contributed by atoms with Crippen molar-refractivity contribution in [1.82, 2.24) is 0 Å². The summed E-state index contributed by atoms with van der Waals surface area (Å²) in [6.07, 6.45) is 0. The van der Waals surface area contributed by atoms with Crippen LogP contribution in [0.2, 0.25) is 13.1 Å². The second-order valence-corrected chi connectivity index (χ2v) is 28.3. The van der Waals surface area contributed by atoms with Gasteiger partial charge in [-0.15, -0.1) is 35.0 Å². The smallest absolute Gasteiger partial charge is 0.0809 e. The third-order valence-electron chi connectivity index (χ3n) is 3.11. The molecule has 0 heterocycles. The Morgan fingerprint density at radius 2 is 1.64 bits per heavy atom. The minimum atomic E-state index is -1.65. The number of hydrogen-bond acceptors (Lipinski definition) is 0. The van der Waals surface area contributed by atoms with E-state index in [0.29, 0.717) is 0 Å². The van der Waals surface area contributed by atoms with Crippen LogP contribution >= 0.6 is 17.0 Å². The molecule has 0 aliphatic carbocycles. The molecule has 0 saturated heterocycles. The first-order valence-corrected chi connectivity index (χ1v) is 19.7. The molecule has 0 nitrogen and oxygen atoms in total. The summed E-state index contributed by atoms with van der Waals surface area (Å²) in [4.78, 5) is 0. The van der Waals surface area contributed by atoms with Crippen molar-refractivity contribution >= 4 is 33.2 Å². The third-order valence-corrected chi connectivity index (χ3v) is 22.9. The van der Waals surface area contributed by atoms with Gasteiger partial charge in [0, 0.05) is 0 Å². The summed E-state index contributed by atoms with van der Waals surface area (Å²) < 4.78 is 0. The number of rotatable bonds is 0. The Labute approximate surface area is 149 Å². The van der Waals surface area contributed by atoms with Gasteiger partial charge in [-0.25, -0.2) is 11.6 Å². The van der Waals surface area contributed by atoms with E-state index in [9.17, 15) is 0 Å². The molecule has 3 rings (SSSR count). The zero-order valence-electron chi connectivity index (χ0n) is 13.5. The van der Waals surface area contributed by atoms with Crippen molar-refractivity contribution in [3.05, 3.63) is 71.8 Å². The molecule has 3 aromatic carbocycles. The zero-order chi connectivity index (χ0) is 16.5. The summed E-state index contributed by atoms with van der Waals surface area (Å²) >= 11 is -1.65. The largest absolute Gasteiger partial charge is 0.211 e. The molecule has 3 aromatic rings. The minimum absolute atomic E-state index is 0.224. The normalized spacial score (nSPS) is 9.36. The molecule has 0 saturated carbocycles. The first kappa shape index (κ1) is 19.9. The van der Waals surface area contributed by atoms with Crippen molar-refractivity contribution in [3.63, 3.8) is 0 Å². The molecule has 0 bridgehead atoms. The zero-order valence-corrected chi connectivity index (χ0v) is 18.5. The minimum Gasteiger partial charge on any atom is -0.211 e. The van der Waals surface area contributed by atoms with Crippen molar-refractivity contribution < 1.29 is 18.0 Å². The maximum absolute atomic E-state index is 5.62. The number of aryl methyl sites for hydroxylation is 2. The molecule has 0 aromatic heterocycles. The molecule has 22 heavy (non-hydrogen) atoms. The first-order valence-electron chi connectivity index (χ1n) is 7.19. The maximum Gasteiger partial charge on any atom is -0.0809 e. The Kier molecular flexibility index (Phi) is 9.59. The average Bonchev–Trinajstić information content (AvgIpc) is 3.10. The number of halogens is 2. The average molecular weight is 429 g/mol. The summed E-state index contributed by atoms with van der Waals surface area (Å²) in [5.41, 5.74) is 2.49. The molecule has 118 valence electrons. The molecule has 0 amide bonds. The van der Waals surface area contributed by atoms with Gasteiger partial charge in [-0.2, -0.15) is 29.8 Å². The standard InChI is InChI=1S/C10H9.C6H7.C2H6Si.2ClH.Zr/c1-8-6-7-9-4-2-3-5-10(8)9;1-6-4-2-3-5-6;1-3-2;;;/h2-7H,1H3;2-5H,1H3;1-2H3;2*1H;/q2*-1;;;;+2/p-2. The van der Waals surface area contributed by atoms with Crippen molar-refractivity contribution in [2.24, 2.45) is 0 Å². The van der Waals surface area contributed by atoms with Crippen LogP contribution in [-0.2, 0) is 18.0 Å². The Hall–Kier alpha value is -0.140. The van der Waals surface area contributed by atoms with Crippen LogP contribution in [0.5, 0.6) is 0 Å². The predicted molar refractivity (Wildman–Crippen MR) is 100 cm³/mol. The molecular formula is C18H22Cl2SiZr-2. The maximum atomic E-state index is 5.62. The fourth-order valence-electron chi connectivity index (χ4n) is 1.78. The molecule has 0 unspecified atom stereocenters. The van der Waals surface area contributed by atoms with E-state index in [1.807, 2.05) is 12.1 Å². The Morgan fingerprint density at radius 3 is 2.05 bits per heavy atom. The van der Waals surface area contributed by atoms with Crippen molar-refractivity contribution in [2.75, 3.05) is 0 Å². The molecule has 0 fully saturated rings. The van der Waals surface area contributed by atoms with E-state index in [1.54, 1.807) is 0 Å². The van der Waals surface area contributed by atoms with Crippen molar-refractivity contribution in [1.29, 1.82) is 0 Å². The summed E-state index contributed by atoms with van der Waals surface area (Å²) in [5, 5.41) is 2.72. The van der Waals surface area contributed by atoms with Gasteiger partial charge in [0.25, 0.3) is 0 Å². The van der Waals surface area contributed by atoms with Crippen molar-refractivity contribution in [2.45, 2.75) is 26.9 Å². The summed E-state index contributed by atoms with van der Waals surface area (Å²) in [5.74, 6) is 0. The van der Waals surface area contributed by atoms with Gasteiger partial charge in [0.2, 0.25) is 0 Å². The van der Waals surface area contributed by atoms with Crippen LogP contribution in [0.1, 0.15) is 11.1 Å². The van der Waals surface area contributed by atoms with Gasteiger partial charge in [-0.05, 0) is 0 Å². The van der Waals surface area contributed by atoms with E-state index in [2.05, 4.69) is 75.5 Å². The SMILES string of the molecule is C[Si](C)=[Zr]([Cl])[Cl].Cc1c[cH-]c2ccccc12.Cc1cc[cH-]c1. The Balaban J connectivity index is 0.000000176. The second-order valence-electron chi connectivity index (χ2n) is 5.33. The number of hydrogen-bond donors (Lipinski definition) is 0. The predicted octanol–water partition coefficient (Wildman–Crippen LogP) is 6.74. The number of benzene rings is 1. The fourth-order valence-corrected chi connectivity index (χ4v) is 1.78. The Morgan fingerprint density at radius 1 is 1.00 bits per heavy atom. The van der Waals surface area contributed by atoms with E-state index in [1.165, 1.54) is 21.9 Å². The molecule has 0 atom stereocenters. The van der Waals surface area contributed by atoms with Gasteiger partial charge in [0.05, 0.1) is 0 Å².